The molecule has 140 valence electrons. The van der Waals surface area contributed by atoms with Gasteiger partial charge in [0.05, 0.1) is 17.7 Å². The summed E-state index contributed by atoms with van der Waals surface area (Å²) in [4.78, 5) is 15.4. The molecule has 1 amide bonds. The molecule has 2 atom stereocenters. The van der Waals surface area contributed by atoms with E-state index in [2.05, 4.69) is 30.4 Å². The van der Waals surface area contributed by atoms with E-state index in [4.69, 9.17) is 5.26 Å². The predicted molar refractivity (Wildman–Crippen MR) is 108 cm³/mol. The van der Waals surface area contributed by atoms with Crippen molar-refractivity contribution in [2.24, 2.45) is 0 Å². The second-order valence-corrected chi connectivity index (χ2v) is 7.31. The molecule has 2 heterocycles. The number of nitrogens with zero attached hydrogens (tertiary/aromatic N) is 2. The Kier molecular flexibility index (Phi) is 5.55. The average molecular weight is 382 g/mol. The summed E-state index contributed by atoms with van der Waals surface area (Å²) >= 11 is 0. The standard InChI is InChI=1S/C22H23N3O.ClH/c1-3-15-7-14(2)21-18(9-15)19-11-24-12-20(19)25(22(21)26)13-17-6-4-5-16(8-17)10-23;/h4-9,19-20,24H,3,11-13H2,1-2H3;1H/t19-,20+;/m0./s1. The van der Waals surface area contributed by atoms with Crippen LogP contribution in [0.3, 0.4) is 0 Å². The van der Waals surface area contributed by atoms with Gasteiger partial charge in [-0.25, -0.2) is 0 Å². The van der Waals surface area contributed by atoms with Crippen LogP contribution in [0.4, 0.5) is 0 Å². The average Bonchev–Trinajstić information content (AvgIpc) is 3.14. The lowest BCUT2D eigenvalue weighted by Gasteiger charge is -2.39. The number of aryl methyl sites for hydroxylation is 2. The van der Waals surface area contributed by atoms with Crippen LogP contribution in [-0.2, 0) is 13.0 Å². The molecule has 27 heavy (non-hydrogen) atoms. The molecule has 0 radical (unpaired) electrons. The summed E-state index contributed by atoms with van der Waals surface area (Å²) in [6, 6.07) is 14.3. The Hall–Kier alpha value is -2.35. The molecule has 0 unspecified atom stereocenters. The smallest absolute Gasteiger partial charge is 0.255 e. The molecule has 2 aliphatic heterocycles. The van der Waals surface area contributed by atoms with Crippen molar-refractivity contribution < 1.29 is 4.79 Å². The van der Waals surface area contributed by atoms with Gasteiger partial charge in [0.25, 0.3) is 5.91 Å². The molecule has 1 N–H and O–H groups in total. The first-order valence-corrected chi connectivity index (χ1v) is 9.26. The molecule has 2 aliphatic rings. The zero-order valence-corrected chi connectivity index (χ0v) is 16.5. The van der Waals surface area contributed by atoms with Crippen LogP contribution in [0.25, 0.3) is 0 Å². The van der Waals surface area contributed by atoms with Gasteiger partial charge in [0.1, 0.15) is 0 Å². The van der Waals surface area contributed by atoms with Gasteiger partial charge in [0, 0.05) is 31.1 Å². The molecule has 2 aromatic rings. The highest BCUT2D eigenvalue weighted by atomic mass is 35.5. The summed E-state index contributed by atoms with van der Waals surface area (Å²) in [5.41, 5.74) is 6.11. The molecule has 1 fully saturated rings. The van der Waals surface area contributed by atoms with Crippen LogP contribution in [0, 0.1) is 18.3 Å². The third-order valence-corrected chi connectivity index (χ3v) is 5.70. The van der Waals surface area contributed by atoms with Gasteiger partial charge < -0.3 is 10.2 Å². The van der Waals surface area contributed by atoms with Crippen LogP contribution in [0.2, 0.25) is 0 Å². The molecule has 0 bridgehead atoms. The third kappa shape index (κ3) is 3.34. The lowest BCUT2D eigenvalue weighted by Crippen LogP contribution is -2.48. The van der Waals surface area contributed by atoms with Gasteiger partial charge in [-0.1, -0.05) is 31.2 Å². The maximum atomic E-state index is 13.4. The number of hydrogen-bond donors (Lipinski definition) is 1. The van der Waals surface area contributed by atoms with Crippen LogP contribution < -0.4 is 5.32 Å². The van der Waals surface area contributed by atoms with E-state index in [1.165, 1.54) is 11.1 Å². The third-order valence-electron chi connectivity index (χ3n) is 5.70. The second-order valence-electron chi connectivity index (χ2n) is 7.31. The van der Waals surface area contributed by atoms with Crippen LogP contribution in [0.5, 0.6) is 0 Å². The number of rotatable bonds is 3. The van der Waals surface area contributed by atoms with E-state index in [1.54, 1.807) is 6.07 Å². The topological polar surface area (TPSA) is 56.1 Å². The van der Waals surface area contributed by atoms with Crippen molar-refractivity contribution >= 4 is 18.3 Å². The van der Waals surface area contributed by atoms with Gasteiger partial charge in [-0.3, -0.25) is 4.79 Å². The van der Waals surface area contributed by atoms with Crippen LogP contribution in [0.1, 0.15) is 51.0 Å². The molecule has 0 aromatic heterocycles. The number of halogens is 1. The molecular weight excluding hydrogens is 358 g/mol. The van der Waals surface area contributed by atoms with Crippen LogP contribution in [0.15, 0.2) is 36.4 Å². The molecule has 0 aliphatic carbocycles. The van der Waals surface area contributed by atoms with Gasteiger partial charge in [0.2, 0.25) is 0 Å². The van der Waals surface area contributed by atoms with Gasteiger partial charge in [0.15, 0.2) is 0 Å². The van der Waals surface area contributed by atoms with Gasteiger partial charge >= 0.3 is 0 Å². The first-order valence-electron chi connectivity index (χ1n) is 9.26. The second kappa shape index (κ2) is 7.72. The van der Waals surface area contributed by atoms with E-state index in [-0.39, 0.29) is 24.4 Å². The molecular formula is C22H24ClN3O. The van der Waals surface area contributed by atoms with Crippen molar-refractivity contribution in [3.8, 4) is 6.07 Å². The molecule has 4 nitrogen and oxygen atoms in total. The van der Waals surface area contributed by atoms with Gasteiger partial charge in [-0.2, -0.15) is 5.26 Å². The number of hydrogen-bond acceptors (Lipinski definition) is 3. The van der Waals surface area contributed by atoms with Crippen molar-refractivity contribution in [2.45, 2.75) is 38.8 Å². The zero-order chi connectivity index (χ0) is 18.3. The van der Waals surface area contributed by atoms with Crippen molar-refractivity contribution in [3.63, 3.8) is 0 Å². The summed E-state index contributed by atoms with van der Waals surface area (Å²) in [5.74, 6) is 0.458. The van der Waals surface area contributed by atoms with E-state index in [0.29, 0.717) is 18.0 Å². The predicted octanol–water partition coefficient (Wildman–Crippen LogP) is 3.56. The normalized spacial score (nSPS) is 20.5. The minimum absolute atomic E-state index is 0. The summed E-state index contributed by atoms with van der Waals surface area (Å²) in [6.45, 7) is 6.48. The lowest BCUT2D eigenvalue weighted by atomic mass is 9.81. The van der Waals surface area contributed by atoms with Gasteiger partial charge in [-0.05, 0) is 47.7 Å². The fourth-order valence-electron chi connectivity index (χ4n) is 4.41. The number of nitriles is 1. The number of benzene rings is 2. The number of carbonyl (C=O) groups is 1. The molecule has 0 spiro atoms. The number of carbonyl (C=O) groups excluding carboxylic acids is 1. The molecule has 5 heteroatoms. The van der Waals surface area contributed by atoms with Crippen molar-refractivity contribution in [2.75, 3.05) is 13.1 Å². The minimum atomic E-state index is 0. The highest BCUT2D eigenvalue weighted by Gasteiger charge is 2.43. The SMILES string of the molecule is CCc1cc(C)c2c(c1)[C@@H]1CNC[C@H]1N(Cc1cccc(C#N)c1)C2=O.Cl. The van der Waals surface area contributed by atoms with Crippen LogP contribution in [-0.4, -0.2) is 29.9 Å². The molecule has 0 saturated carbocycles. The largest absolute Gasteiger partial charge is 0.329 e. The Morgan fingerprint density at radius 3 is 2.78 bits per heavy atom. The fraction of sp³-hybridized carbons (Fsp3) is 0.364. The Balaban J connectivity index is 0.00000210. The van der Waals surface area contributed by atoms with Crippen molar-refractivity contribution in [1.29, 1.82) is 5.26 Å². The van der Waals surface area contributed by atoms with E-state index in [0.717, 1.165) is 36.2 Å². The quantitative estimate of drug-likeness (QED) is 0.884. The van der Waals surface area contributed by atoms with Crippen LogP contribution >= 0.6 is 12.4 Å². The Morgan fingerprint density at radius 1 is 1.22 bits per heavy atom. The monoisotopic (exact) mass is 381 g/mol. The Morgan fingerprint density at radius 2 is 2.04 bits per heavy atom. The van der Waals surface area contributed by atoms with E-state index >= 15 is 0 Å². The summed E-state index contributed by atoms with van der Waals surface area (Å²) in [5, 5.41) is 12.6. The van der Waals surface area contributed by atoms with E-state index in [9.17, 15) is 4.79 Å². The number of nitrogens with one attached hydrogen (secondary N) is 1. The first kappa shape index (κ1) is 19.4. The summed E-state index contributed by atoms with van der Waals surface area (Å²) in [7, 11) is 0. The highest BCUT2D eigenvalue weighted by Crippen LogP contribution is 2.38. The molecule has 2 aromatic carbocycles. The summed E-state index contributed by atoms with van der Waals surface area (Å²) in [6.07, 6.45) is 0.984. The molecule has 1 saturated heterocycles. The first-order chi connectivity index (χ1) is 12.6. The number of amides is 1. The van der Waals surface area contributed by atoms with Crippen molar-refractivity contribution in [3.05, 3.63) is 69.8 Å². The Bertz CT molecular complexity index is 918. The maximum absolute atomic E-state index is 13.4. The minimum Gasteiger partial charge on any atom is -0.329 e. The number of fused-ring (bicyclic) bond motifs is 3. The van der Waals surface area contributed by atoms with E-state index < -0.39 is 0 Å². The maximum Gasteiger partial charge on any atom is 0.255 e. The van der Waals surface area contributed by atoms with E-state index in [1.807, 2.05) is 30.0 Å². The Labute approximate surface area is 166 Å². The summed E-state index contributed by atoms with van der Waals surface area (Å²) < 4.78 is 0. The van der Waals surface area contributed by atoms with Gasteiger partial charge in [-0.15, -0.1) is 12.4 Å². The van der Waals surface area contributed by atoms with Crippen molar-refractivity contribution in [1.82, 2.24) is 10.2 Å². The highest BCUT2D eigenvalue weighted by molar-refractivity contribution is 5.99. The zero-order valence-electron chi connectivity index (χ0n) is 15.7. The lowest BCUT2D eigenvalue weighted by molar-refractivity contribution is 0.0629. The molecule has 4 rings (SSSR count). The fourth-order valence-corrected chi connectivity index (χ4v) is 4.41.